The van der Waals surface area contributed by atoms with Gasteiger partial charge in [0, 0.05) is 5.33 Å². The first kappa shape index (κ1) is 26.7. The van der Waals surface area contributed by atoms with Crippen LogP contribution in [-0.2, 0) is 4.43 Å². The van der Waals surface area contributed by atoms with Gasteiger partial charge in [-0.25, -0.2) is 0 Å². The molecule has 0 spiro atoms. The summed E-state index contributed by atoms with van der Waals surface area (Å²) in [6.07, 6.45) is 2.04. The molecule has 2 rings (SSSR count). The van der Waals surface area contributed by atoms with Crippen molar-refractivity contribution in [3.8, 4) is 11.5 Å². The Hall–Kier alpha value is -0.328. The van der Waals surface area contributed by atoms with Gasteiger partial charge < -0.3 is 4.43 Å². The molecule has 1 nitrogen and oxygen atoms in total. The molecule has 0 N–H and O–H groups in total. The van der Waals surface area contributed by atoms with E-state index in [1.54, 1.807) is 0 Å². The van der Waals surface area contributed by atoms with Gasteiger partial charge in [0.2, 0.25) is 0 Å². The van der Waals surface area contributed by atoms with Crippen molar-refractivity contribution < 1.29 is 4.43 Å². The number of hydrogen-bond acceptors (Lipinski definition) is 1. The van der Waals surface area contributed by atoms with Crippen LogP contribution in [0.4, 0.5) is 0 Å². The van der Waals surface area contributed by atoms with Gasteiger partial charge in [0.1, 0.15) is 14.2 Å². The fourth-order valence-electron chi connectivity index (χ4n) is 2.34. The minimum absolute atomic E-state index is 0.00132. The fraction of sp³-hybridized carbons (Fsp3) is 0.417. The molecule has 1 atom stereocenters. The van der Waals surface area contributed by atoms with Crippen molar-refractivity contribution in [1.82, 2.24) is 0 Å². The maximum absolute atomic E-state index is 6.65. The summed E-state index contributed by atoms with van der Waals surface area (Å²) in [6.45, 7) is 6.84. The molecule has 0 saturated heterocycles. The Balaban J connectivity index is 0.000000960. The van der Waals surface area contributed by atoms with E-state index >= 15 is 0 Å². The van der Waals surface area contributed by atoms with E-state index in [9.17, 15) is 0 Å². The molecule has 5 heteroatoms. The zero-order valence-corrected chi connectivity index (χ0v) is 25.2. The number of alkyl halides is 1. The van der Waals surface area contributed by atoms with Crippen LogP contribution in [0.2, 0.25) is 34.5 Å². The van der Waals surface area contributed by atoms with E-state index in [-0.39, 0.29) is 6.10 Å². The SMILES string of the molecule is C[Si](C)(C)C#CC(CCCBr)O[Si](c1ccccc1)c1ccccc1.[CH3][Sn]([CH3])[CH3]. The van der Waals surface area contributed by atoms with Crippen LogP contribution in [0.5, 0.6) is 0 Å². The number of benzene rings is 2. The van der Waals surface area contributed by atoms with Gasteiger partial charge >= 0.3 is 34.6 Å². The molecule has 0 aliphatic heterocycles. The number of rotatable bonds is 7. The van der Waals surface area contributed by atoms with Gasteiger partial charge in [0.25, 0.3) is 9.04 Å². The second-order valence-electron chi connectivity index (χ2n) is 8.52. The van der Waals surface area contributed by atoms with Gasteiger partial charge in [-0.3, -0.25) is 0 Å². The van der Waals surface area contributed by atoms with Crippen LogP contribution in [0.3, 0.4) is 0 Å². The molecular weight excluding hydrogens is 559 g/mol. The van der Waals surface area contributed by atoms with E-state index in [1.165, 1.54) is 10.4 Å². The van der Waals surface area contributed by atoms with Crippen molar-refractivity contribution in [3.63, 3.8) is 0 Å². The summed E-state index contributed by atoms with van der Waals surface area (Å²) in [5.74, 6) is 3.46. The molecule has 29 heavy (non-hydrogen) atoms. The number of halogens is 1. The first-order valence-corrected chi connectivity index (χ1v) is 24.8. The van der Waals surface area contributed by atoms with Gasteiger partial charge in [0.15, 0.2) is 0 Å². The van der Waals surface area contributed by atoms with Crippen LogP contribution in [-0.4, -0.2) is 48.3 Å². The third kappa shape index (κ3) is 12.9. The average Bonchev–Trinajstić information content (AvgIpc) is 2.67. The predicted molar refractivity (Wildman–Crippen MR) is 140 cm³/mol. The van der Waals surface area contributed by atoms with E-state index in [0.29, 0.717) is 0 Å². The molecule has 0 amide bonds. The predicted octanol–water partition coefficient (Wildman–Crippen LogP) is 5.60. The Labute approximate surface area is 197 Å². The Morgan fingerprint density at radius 1 is 0.931 bits per heavy atom. The Morgan fingerprint density at radius 3 is 1.76 bits per heavy atom. The Kier molecular flexibility index (Phi) is 13.5. The monoisotopic (exact) mass is 594 g/mol. The van der Waals surface area contributed by atoms with Crippen molar-refractivity contribution in [3.05, 3.63) is 60.7 Å². The molecule has 0 bridgehead atoms. The molecule has 0 saturated carbocycles. The van der Waals surface area contributed by atoms with Crippen LogP contribution >= 0.6 is 15.9 Å². The Bertz CT molecular complexity index is 694. The zero-order chi connectivity index (χ0) is 21.7. The van der Waals surface area contributed by atoms with Crippen LogP contribution < -0.4 is 10.4 Å². The van der Waals surface area contributed by atoms with Crippen molar-refractivity contribution >= 4 is 63.2 Å². The van der Waals surface area contributed by atoms with Gasteiger partial charge in [-0.05, 0) is 23.2 Å². The third-order valence-electron chi connectivity index (χ3n) is 3.54. The summed E-state index contributed by atoms with van der Waals surface area (Å²) in [7, 11) is -2.71. The molecule has 0 aliphatic carbocycles. The maximum atomic E-state index is 6.65. The summed E-state index contributed by atoms with van der Waals surface area (Å²) in [5.41, 5.74) is 3.50. The van der Waals surface area contributed by atoms with Crippen molar-refractivity contribution in [2.45, 2.75) is 53.4 Å². The van der Waals surface area contributed by atoms with Crippen LogP contribution in [0.1, 0.15) is 12.8 Å². The standard InChI is InChI=1S/C21H26BrOSi2.3CH3.Sn/c1-25(2,3)18-16-19(11-10-17-22)23-24(20-12-6-4-7-13-20)21-14-8-5-9-15-21;;;;/h4-9,12-15,19H,10-11,17H2,1-3H3;3*1H3;. The molecular formula is C24H35BrOSi2Sn. The van der Waals surface area contributed by atoms with Gasteiger partial charge in [0.05, 0.1) is 0 Å². The van der Waals surface area contributed by atoms with Gasteiger partial charge in [-0.15, -0.1) is 5.54 Å². The summed E-state index contributed by atoms with van der Waals surface area (Å²) in [4.78, 5) is 7.09. The van der Waals surface area contributed by atoms with Crippen molar-refractivity contribution in [2.24, 2.45) is 0 Å². The normalized spacial score (nSPS) is 12.0. The quantitative estimate of drug-likeness (QED) is 0.231. The van der Waals surface area contributed by atoms with Crippen LogP contribution in [0.15, 0.2) is 60.7 Å². The Morgan fingerprint density at radius 2 is 1.38 bits per heavy atom. The second kappa shape index (κ2) is 14.6. The molecule has 2 radical (unpaired) electrons. The van der Waals surface area contributed by atoms with Gasteiger partial charge in [-0.1, -0.05) is 102 Å². The molecule has 2 aromatic rings. The zero-order valence-electron chi connectivity index (χ0n) is 18.8. The third-order valence-corrected chi connectivity index (χ3v) is 7.23. The topological polar surface area (TPSA) is 9.23 Å². The number of hydrogen-bond donors (Lipinski definition) is 0. The van der Waals surface area contributed by atoms with E-state index in [4.69, 9.17) is 4.43 Å². The average molecular weight is 594 g/mol. The molecule has 156 valence electrons. The summed E-state index contributed by atoms with van der Waals surface area (Å²) < 4.78 is 6.65. The van der Waals surface area contributed by atoms with Gasteiger partial charge in [-0.2, -0.15) is 0 Å². The molecule has 0 fully saturated rings. The first-order valence-electron chi connectivity index (χ1n) is 10.2. The van der Waals surface area contributed by atoms with Crippen LogP contribution in [0.25, 0.3) is 0 Å². The summed E-state index contributed by atoms with van der Waals surface area (Å²) in [5, 5.41) is 3.54. The minimum atomic E-state index is -1.41. The van der Waals surface area contributed by atoms with Crippen molar-refractivity contribution in [2.75, 3.05) is 5.33 Å². The molecule has 2 aromatic carbocycles. The van der Waals surface area contributed by atoms with E-state index in [2.05, 4.69) is 123 Å². The summed E-state index contributed by atoms with van der Waals surface area (Å²) in [6, 6.07) is 21.2. The molecule has 0 heterocycles. The molecule has 0 aliphatic rings. The first-order chi connectivity index (χ1) is 13.7. The second-order valence-corrected chi connectivity index (χ2v) is 24.7. The van der Waals surface area contributed by atoms with E-state index in [1.807, 2.05) is 0 Å². The van der Waals surface area contributed by atoms with E-state index in [0.717, 1.165) is 18.2 Å². The molecule has 0 aromatic heterocycles. The van der Waals surface area contributed by atoms with Crippen LogP contribution in [0, 0.1) is 11.5 Å². The summed E-state index contributed by atoms with van der Waals surface area (Å²) >= 11 is 2.99. The fourth-order valence-corrected chi connectivity index (χ4v) is 5.32. The van der Waals surface area contributed by atoms with Crippen molar-refractivity contribution in [1.29, 1.82) is 0 Å². The van der Waals surface area contributed by atoms with E-state index < -0.39 is 36.9 Å². The molecule has 1 unspecified atom stereocenters.